The van der Waals surface area contributed by atoms with E-state index in [0.717, 1.165) is 24.1 Å². The Bertz CT molecular complexity index is 661. The Balaban J connectivity index is 1.70. The van der Waals surface area contributed by atoms with Gasteiger partial charge in [-0.25, -0.2) is 4.79 Å². The van der Waals surface area contributed by atoms with Gasteiger partial charge in [-0.2, -0.15) is 0 Å². The Morgan fingerprint density at radius 1 is 1.18 bits per heavy atom. The highest BCUT2D eigenvalue weighted by Crippen LogP contribution is 2.47. The highest BCUT2D eigenvalue weighted by Gasteiger charge is 2.40. The van der Waals surface area contributed by atoms with E-state index in [0.29, 0.717) is 29.4 Å². The number of nitrogens with one attached hydrogen (secondary N) is 1. The van der Waals surface area contributed by atoms with Gasteiger partial charge >= 0.3 is 5.97 Å². The van der Waals surface area contributed by atoms with E-state index in [1.165, 1.54) is 12.8 Å². The van der Waals surface area contributed by atoms with Crippen LogP contribution in [0.5, 0.6) is 0 Å². The largest absolute Gasteiger partial charge is 0.478 e. The van der Waals surface area contributed by atoms with Crippen LogP contribution in [0.4, 0.5) is 5.69 Å². The first-order chi connectivity index (χ1) is 10.7. The molecule has 0 radical (unpaired) electrons. The van der Waals surface area contributed by atoms with E-state index in [2.05, 4.69) is 29.6 Å². The topological polar surface area (TPSA) is 49.3 Å². The molecule has 1 heterocycles. The normalized spacial score (nSPS) is 32.2. The van der Waals surface area contributed by atoms with E-state index < -0.39 is 5.97 Å². The van der Waals surface area contributed by atoms with Gasteiger partial charge in [0.25, 0.3) is 0 Å². The molecule has 2 aliphatic carbocycles. The van der Waals surface area contributed by atoms with Crippen LogP contribution in [0.2, 0.25) is 0 Å². The number of anilines is 1. The molecule has 0 bridgehead atoms. The van der Waals surface area contributed by atoms with Gasteiger partial charge in [0, 0.05) is 17.6 Å². The number of benzene rings is 1. The molecule has 4 rings (SSSR count). The Hall–Kier alpha value is -2.03. The van der Waals surface area contributed by atoms with Crippen molar-refractivity contribution in [3.63, 3.8) is 0 Å². The molecule has 0 saturated carbocycles. The van der Waals surface area contributed by atoms with Gasteiger partial charge in [-0.3, -0.25) is 0 Å². The average Bonchev–Trinajstić information content (AvgIpc) is 3.04. The van der Waals surface area contributed by atoms with Crippen molar-refractivity contribution in [3.8, 4) is 0 Å². The van der Waals surface area contributed by atoms with Gasteiger partial charge in [0.2, 0.25) is 0 Å². The fraction of sp³-hybridized carbons (Fsp3) is 0.421. The number of aromatic carboxylic acids is 1. The first-order valence-electron chi connectivity index (χ1n) is 8.19. The van der Waals surface area contributed by atoms with Crippen molar-refractivity contribution < 1.29 is 9.90 Å². The van der Waals surface area contributed by atoms with Gasteiger partial charge in [-0.05, 0) is 61.3 Å². The number of fused-ring (bicyclic) bond motifs is 3. The summed E-state index contributed by atoms with van der Waals surface area (Å²) in [5.74, 6) is 0.769. The molecule has 1 aromatic rings. The zero-order valence-corrected chi connectivity index (χ0v) is 12.5. The predicted molar refractivity (Wildman–Crippen MR) is 87.3 cm³/mol. The monoisotopic (exact) mass is 295 g/mol. The molecule has 22 heavy (non-hydrogen) atoms. The summed E-state index contributed by atoms with van der Waals surface area (Å²) in [5, 5.41) is 13.0. The highest BCUT2D eigenvalue weighted by molar-refractivity contribution is 5.88. The van der Waals surface area contributed by atoms with Crippen molar-refractivity contribution in [2.75, 3.05) is 5.32 Å². The fourth-order valence-electron chi connectivity index (χ4n) is 4.38. The van der Waals surface area contributed by atoms with Crippen LogP contribution in [0, 0.1) is 11.8 Å². The van der Waals surface area contributed by atoms with Crippen LogP contribution in [0.25, 0.3) is 0 Å². The summed E-state index contributed by atoms with van der Waals surface area (Å²) in [4.78, 5) is 11.2. The summed E-state index contributed by atoms with van der Waals surface area (Å²) >= 11 is 0. The molecule has 0 aromatic heterocycles. The second-order valence-electron chi connectivity index (χ2n) is 6.68. The van der Waals surface area contributed by atoms with Gasteiger partial charge in [0.15, 0.2) is 0 Å². The number of carbonyl (C=O) groups is 1. The van der Waals surface area contributed by atoms with Crippen LogP contribution < -0.4 is 5.32 Å². The Kier molecular flexibility index (Phi) is 3.29. The molecular weight excluding hydrogens is 274 g/mol. The summed E-state index contributed by atoms with van der Waals surface area (Å²) in [7, 11) is 0. The number of hydrogen-bond donors (Lipinski definition) is 2. The van der Waals surface area contributed by atoms with Crippen molar-refractivity contribution in [2.45, 2.75) is 37.6 Å². The molecule has 4 atom stereocenters. The Morgan fingerprint density at radius 3 is 2.86 bits per heavy atom. The molecule has 3 nitrogen and oxygen atoms in total. The van der Waals surface area contributed by atoms with E-state index in [1.54, 1.807) is 6.07 Å². The zero-order chi connectivity index (χ0) is 15.1. The molecule has 0 fully saturated rings. The van der Waals surface area contributed by atoms with Gasteiger partial charge in [0.05, 0.1) is 5.56 Å². The van der Waals surface area contributed by atoms with Crippen LogP contribution in [0.3, 0.4) is 0 Å². The van der Waals surface area contributed by atoms with Gasteiger partial charge in [0.1, 0.15) is 0 Å². The number of carboxylic acids is 1. The molecule has 114 valence electrons. The molecule has 3 aliphatic rings. The summed E-state index contributed by atoms with van der Waals surface area (Å²) in [6.45, 7) is 0. The maximum Gasteiger partial charge on any atom is 0.335 e. The predicted octanol–water partition coefficient (Wildman–Crippen LogP) is 4.19. The average molecular weight is 295 g/mol. The van der Waals surface area contributed by atoms with Gasteiger partial charge in [-0.15, -0.1) is 0 Å². The molecule has 0 spiro atoms. The lowest BCUT2D eigenvalue weighted by atomic mass is 9.72. The number of hydrogen-bond acceptors (Lipinski definition) is 2. The van der Waals surface area contributed by atoms with Gasteiger partial charge in [-0.1, -0.05) is 24.3 Å². The van der Waals surface area contributed by atoms with Crippen molar-refractivity contribution in [1.29, 1.82) is 0 Å². The molecule has 4 unspecified atom stereocenters. The fourth-order valence-corrected chi connectivity index (χ4v) is 4.38. The lowest BCUT2D eigenvalue weighted by Gasteiger charge is -2.42. The van der Waals surface area contributed by atoms with Crippen LogP contribution in [0.1, 0.15) is 47.5 Å². The minimum atomic E-state index is -0.846. The van der Waals surface area contributed by atoms with Crippen LogP contribution in [-0.4, -0.2) is 17.1 Å². The maximum atomic E-state index is 11.2. The van der Waals surface area contributed by atoms with E-state index >= 15 is 0 Å². The zero-order valence-electron chi connectivity index (χ0n) is 12.5. The van der Waals surface area contributed by atoms with Crippen LogP contribution in [0.15, 0.2) is 42.5 Å². The minimum absolute atomic E-state index is 0.367. The first-order valence-corrected chi connectivity index (χ1v) is 8.19. The van der Waals surface area contributed by atoms with E-state index in [4.69, 9.17) is 0 Å². The molecule has 0 saturated heterocycles. The molecule has 1 aliphatic heterocycles. The summed E-state index contributed by atoms with van der Waals surface area (Å²) in [5.41, 5.74) is 2.66. The lowest BCUT2D eigenvalue weighted by molar-refractivity contribution is 0.0696. The van der Waals surface area contributed by atoms with E-state index in [1.807, 2.05) is 12.1 Å². The van der Waals surface area contributed by atoms with E-state index in [-0.39, 0.29) is 0 Å². The summed E-state index contributed by atoms with van der Waals surface area (Å²) in [6, 6.07) is 6.01. The lowest BCUT2D eigenvalue weighted by Crippen LogP contribution is -2.41. The van der Waals surface area contributed by atoms with Crippen molar-refractivity contribution >= 4 is 11.7 Å². The van der Waals surface area contributed by atoms with Crippen molar-refractivity contribution in [3.05, 3.63) is 53.6 Å². The second-order valence-corrected chi connectivity index (χ2v) is 6.68. The molecule has 3 heteroatoms. The molecule has 0 amide bonds. The number of carboxylic acid groups (broad SMARTS) is 1. The smallest absolute Gasteiger partial charge is 0.335 e. The molecule has 1 aromatic carbocycles. The third kappa shape index (κ3) is 2.16. The minimum Gasteiger partial charge on any atom is -0.478 e. The number of rotatable bonds is 2. The summed E-state index contributed by atoms with van der Waals surface area (Å²) < 4.78 is 0. The quantitative estimate of drug-likeness (QED) is 0.804. The van der Waals surface area contributed by atoms with Crippen molar-refractivity contribution in [1.82, 2.24) is 0 Å². The maximum absolute atomic E-state index is 11.2. The Morgan fingerprint density at radius 2 is 2.09 bits per heavy atom. The SMILES string of the molecule is O=C(O)c1ccc2c(c1)C1C=CCC1C(C1CC=CCC1)N2. The Labute approximate surface area is 130 Å². The number of allylic oxidation sites excluding steroid dienone is 4. The van der Waals surface area contributed by atoms with Gasteiger partial charge < -0.3 is 10.4 Å². The summed E-state index contributed by atoms with van der Waals surface area (Å²) in [6.07, 6.45) is 13.8. The third-order valence-corrected chi connectivity index (χ3v) is 5.47. The van der Waals surface area contributed by atoms with Crippen LogP contribution >= 0.6 is 0 Å². The first kappa shape index (κ1) is 13.6. The van der Waals surface area contributed by atoms with Crippen LogP contribution in [-0.2, 0) is 0 Å². The third-order valence-electron chi connectivity index (χ3n) is 5.47. The molecular formula is C19H21NO2. The second kappa shape index (κ2) is 5.31. The van der Waals surface area contributed by atoms with Crippen molar-refractivity contribution in [2.24, 2.45) is 11.8 Å². The standard InChI is InChI=1S/C19H21NO2/c21-19(22)13-9-10-17-16(11-13)14-7-4-8-15(14)18(20-17)12-5-2-1-3-6-12/h1-2,4,7,9-12,14-15,18,20H,3,5-6,8H2,(H,21,22). The van der Waals surface area contributed by atoms with E-state index in [9.17, 15) is 9.90 Å². The molecule has 2 N–H and O–H groups in total. The highest BCUT2D eigenvalue weighted by atomic mass is 16.4.